The zero-order valence-corrected chi connectivity index (χ0v) is 13.4. The van der Waals surface area contributed by atoms with E-state index in [2.05, 4.69) is 45.9 Å². The molecule has 0 aromatic heterocycles. The lowest BCUT2D eigenvalue weighted by Gasteiger charge is -2.34. The molecule has 1 aliphatic rings. The highest BCUT2D eigenvalue weighted by atomic mass is 16.5. The summed E-state index contributed by atoms with van der Waals surface area (Å²) < 4.78 is 6.19. The fourth-order valence-corrected chi connectivity index (χ4v) is 3.29. The minimum atomic E-state index is 0.179. The number of rotatable bonds is 4. The van der Waals surface area contributed by atoms with Crippen LogP contribution in [0.25, 0.3) is 0 Å². The maximum Gasteiger partial charge on any atom is 0.120 e. The molecular formula is C18H29NO. The monoisotopic (exact) mass is 275 g/mol. The van der Waals surface area contributed by atoms with Crippen LogP contribution in [-0.4, -0.2) is 12.1 Å². The third-order valence-electron chi connectivity index (χ3n) is 4.68. The first-order chi connectivity index (χ1) is 9.51. The second kappa shape index (κ2) is 6.62. The van der Waals surface area contributed by atoms with E-state index in [1.807, 2.05) is 0 Å². The van der Waals surface area contributed by atoms with Gasteiger partial charge in [-0.1, -0.05) is 33.3 Å². The molecule has 0 aliphatic heterocycles. The molecule has 2 heteroatoms. The maximum atomic E-state index is 6.23. The van der Waals surface area contributed by atoms with Gasteiger partial charge in [0.15, 0.2) is 0 Å². The first kappa shape index (κ1) is 15.4. The number of ether oxygens (including phenoxy) is 1. The van der Waals surface area contributed by atoms with E-state index < -0.39 is 0 Å². The van der Waals surface area contributed by atoms with E-state index >= 15 is 0 Å². The molecule has 2 rings (SSSR count). The Labute approximate surface area is 123 Å². The van der Waals surface area contributed by atoms with Crippen LogP contribution in [0.4, 0.5) is 0 Å². The Kier molecular flexibility index (Phi) is 5.09. The predicted octanol–water partition coefficient (Wildman–Crippen LogP) is 4.40. The van der Waals surface area contributed by atoms with Crippen LogP contribution in [0.2, 0.25) is 0 Å². The van der Waals surface area contributed by atoms with Gasteiger partial charge in [0.25, 0.3) is 0 Å². The van der Waals surface area contributed by atoms with Crippen LogP contribution in [0, 0.1) is 12.8 Å². The molecule has 20 heavy (non-hydrogen) atoms. The molecule has 1 saturated carbocycles. The number of hydrogen-bond acceptors (Lipinski definition) is 2. The minimum absolute atomic E-state index is 0.179. The summed E-state index contributed by atoms with van der Waals surface area (Å²) in [6.45, 7) is 8.88. The molecule has 1 fully saturated rings. The highest BCUT2D eigenvalue weighted by molar-refractivity contribution is 5.36. The number of nitrogens with two attached hydrogens (primary N) is 1. The summed E-state index contributed by atoms with van der Waals surface area (Å²) in [6.07, 6.45) is 4.85. The van der Waals surface area contributed by atoms with Gasteiger partial charge in [0.05, 0.1) is 0 Å². The zero-order valence-electron chi connectivity index (χ0n) is 13.4. The number of aryl methyl sites for hydroxylation is 1. The van der Waals surface area contributed by atoms with Crippen molar-refractivity contribution in [1.82, 2.24) is 0 Å². The first-order valence-corrected chi connectivity index (χ1v) is 8.04. The van der Waals surface area contributed by atoms with Crippen LogP contribution in [0.3, 0.4) is 0 Å². The van der Waals surface area contributed by atoms with E-state index in [4.69, 9.17) is 10.5 Å². The van der Waals surface area contributed by atoms with Gasteiger partial charge < -0.3 is 10.5 Å². The largest absolute Gasteiger partial charge is 0.489 e. The molecule has 1 aromatic rings. The Bertz CT molecular complexity index is 441. The van der Waals surface area contributed by atoms with Crippen LogP contribution in [0.5, 0.6) is 5.75 Å². The van der Waals surface area contributed by atoms with Crippen molar-refractivity contribution < 1.29 is 4.74 Å². The van der Waals surface area contributed by atoms with E-state index in [1.165, 1.54) is 24.0 Å². The Morgan fingerprint density at radius 2 is 2.05 bits per heavy atom. The van der Waals surface area contributed by atoms with Crippen LogP contribution in [0.1, 0.15) is 63.5 Å². The van der Waals surface area contributed by atoms with Crippen molar-refractivity contribution in [3.8, 4) is 5.75 Å². The normalized spacial score (nSPS) is 26.8. The summed E-state index contributed by atoms with van der Waals surface area (Å²) in [5, 5.41) is 0. The Morgan fingerprint density at radius 1 is 1.30 bits per heavy atom. The van der Waals surface area contributed by atoms with E-state index in [0.717, 1.165) is 24.5 Å². The summed E-state index contributed by atoms with van der Waals surface area (Å²) in [5.41, 5.74) is 8.95. The summed E-state index contributed by atoms with van der Waals surface area (Å²) >= 11 is 0. The lowest BCUT2D eigenvalue weighted by molar-refractivity contribution is 0.101. The Balaban J connectivity index is 2.07. The fourth-order valence-electron chi connectivity index (χ4n) is 3.29. The van der Waals surface area contributed by atoms with Gasteiger partial charge in [-0.3, -0.25) is 0 Å². The van der Waals surface area contributed by atoms with Crippen molar-refractivity contribution in [2.24, 2.45) is 11.7 Å². The van der Waals surface area contributed by atoms with Gasteiger partial charge in [0.2, 0.25) is 0 Å². The minimum Gasteiger partial charge on any atom is -0.489 e. The first-order valence-electron chi connectivity index (χ1n) is 8.04. The van der Waals surface area contributed by atoms with Crippen molar-refractivity contribution in [3.05, 3.63) is 29.3 Å². The van der Waals surface area contributed by atoms with E-state index in [0.29, 0.717) is 5.92 Å². The molecule has 1 aromatic carbocycles. The van der Waals surface area contributed by atoms with E-state index in [9.17, 15) is 0 Å². The summed E-state index contributed by atoms with van der Waals surface area (Å²) in [6, 6.07) is 6.64. The third-order valence-corrected chi connectivity index (χ3v) is 4.68. The molecule has 0 saturated heterocycles. The number of benzene rings is 1. The van der Waals surface area contributed by atoms with Crippen LogP contribution >= 0.6 is 0 Å². The lowest BCUT2D eigenvalue weighted by atomic mass is 9.83. The molecule has 0 spiro atoms. The van der Waals surface area contributed by atoms with Crippen molar-refractivity contribution in [2.75, 3.05) is 0 Å². The second-order valence-corrected chi connectivity index (χ2v) is 6.58. The van der Waals surface area contributed by atoms with Gasteiger partial charge in [0, 0.05) is 6.04 Å². The molecule has 3 unspecified atom stereocenters. The molecule has 2 N–H and O–H groups in total. The molecule has 0 radical (unpaired) electrons. The molecule has 1 aliphatic carbocycles. The van der Waals surface area contributed by atoms with Gasteiger partial charge in [-0.2, -0.15) is 0 Å². The molecule has 0 heterocycles. The second-order valence-electron chi connectivity index (χ2n) is 6.58. The molecule has 3 atom stereocenters. The van der Waals surface area contributed by atoms with Crippen LogP contribution in [-0.2, 0) is 0 Å². The highest BCUT2D eigenvalue weighted by Crippen LogP contribution is 2.30. The highest BCUT2D eigenvalue weighted by Gasteiger charge is 2.28. The number of hydrogen-bond donors (Lipinski definition) is 1. The van der Waals surface area contributed by atoms with Gasteiger partial charge in [-0.15, -0.1) is 0 Å². The van der Waals surface area contributed by atoms with Crippen LogP contribution < -0.4 is 10.5 Å². The van der Waals surface area contributed by atoms with Crippen molar-refractivity contribution >= 4 is 0 Å². The predicted molar refractivity (Wildman–Crippen MR) is 85.3 cm³/mol. The van der Waals surface area contributed by atoms with Crippen molar-refractivity contribution in [3.63, 3.8) is 0 Å². The summed E-state index contributed by atoms with van der Waals surface area (Å²) in [7, 11) is 0. The summed E-state index contributed by atoms with van der Waals surface area (Å²) in [4.78, 5) is 0. The molecule has 112 valence electrons. The molecule has 0 amide bonds. The maximum absolute atomic E-state index is 6.23. The van der Waals surface area contributed by atoms with Crippen molar-refractivity contribution in [2.45, 2.75) is 71.4 Å². The van der Waals surface area contributed by atoms with Gasteiger partial charge >= 0.3 is 0 Å². The average Bonchev–Trinajstić information content (AvgIpc) is 2.41. The molecule has 2 nitrogen and oxygen atoms in total. The van der Waals surface area contributed by atoms with Gasteiger partial charge in [-0.25, -0.2) is 0 Å². The van der Waals surface area contributed by atoms with Gasteiger partial charge in [0.1, 0.15) is 11.9 Å². The fraction of sp³-hybridized carbons (Fsp3) is 0.667. The lowest BCUT2D eigenvalue weighted by Crippen LogP contribution is -2.43. The Hall–Kier alpha value is -1.02. The average molecular weight is 275 g/mol. The standard InChI is InChI=1S/C18H29NO/c1-5-14-6-9-17(19)18(11-14)20-15-7-8-16(12(2)3)13(4)10-15/h7-8,10,12,14,17-18H,5-6,9,11,19H2,1-4H3. The zero-order chi connectivity index (χ0) is 14.7. The van der Waals surface area contributed by atoms with E-state index in [-0.39, 0.29) is 12.1 Å². The third kappa shape index (κ3) is 3.54. The SMILES string of the molecule is CCC1CCC(N)C(Oc2ccc(C(C)C)c(C)c2)C1. The smallest absolute Gasteiger partial charge is 0.120 e. The van der Waals surface area contributed by atoms with E-state index in [1.54, 1.807) is 0 Å². The quantitative estimate of drug-likeness (QED) is 0.883. The Morgan fingerprint density at radius 3 is 2.65 bits per heavy atom. The molecule has 0 bridgehead atoms. The topological polar surface area (TPSA) is 35.2 Å². The van der Waals surface area contributed by atoms with Crippen LogP contribution in [0.15, 0.2) is 18.2 Å². The summed E-state index contributed by atoms with van der Waals surface area (Å²) in [5.74, 6) is 2.31. The molecular weight excluding hydrogens is 246 g/mol. The van der Waals surface area contributed by atoms with Gasteiger partial charge in [-0.05, 0) is 61.3 Å². The van der Waals surface area contributed by atoms with Crippen molar-refractivity contribution in [1.29, 1.82) is 0 Å².